The molecular formula is C24H39NO2. The summed E-state index contributed by atoms with van der Waals surface area (Å²) < 4.78 is 0. The van der Waals surface area contributed by atoms with Gasteiger partial charge in [0, 0.05) is 12.6 Å². The lowest BCUT2D eigenvalue weighted by molar-refractivity contribution is -0.120. The van der Waals surface area contributed by atoms with Gasteiger partial charge in [0.2, 0.25) is 5.91 Å². The van der Waals surface area contributed by atoms with Gasteiger partial charge in [-0.05, 0) is 30.2 Å². The lowest BCUT2D eigenvalue weighted by Crippen LogP contribution is -2.16. The molecule has 0 spiro atoms. The molecule has 1 aromatic rings. The lowest BCUT2D eigenvalue weighted by atomic mass is 10.0. The van der Waals surface area contributed by atoms with Crippen molar-refractivity contribution in [2.45, 2.75) is 96.8 Å². The maximum absolute atomic E-state index is 11.8. The summed E-state index contributed by atoms with van der Waals surface area (Å²) in [6.07, 6.45) is 21.2. The summed E-state index contributed by atoms with van der Waals surface area (Å²) in [5, 5.41) is 12.0. The quantitative estimate of drug-likeness (QED) is 0.308. The molecule has 0 atom stereocenters. The van der Waals surface area contributed by atoms with Gasteiger partial charge in [-0.1, -0.05) is 96.1 Å². The van der Waals surface area contributed by atoms with E-state index in [-0.39, 0.29) is 11.7 Å². The van der Waals surface area contributed by atoms with Gasteiger partial charge in [0.15, 0.2) is 0 Å². The Balaban J connectivity index is 1.87. The number of nitrogens with one attached hydrogen (secondary N) is 1. The fourth-order valence-electron chi connectivity index (χ4n) is 3.19. The number of phenolic OH excluding ortho intramolecular Hbond substituents is 1. The van der Waals surface area contributed by atoms with E-state index in [0.29, 0.717) is 6.42 Å². The predicted octanol–water partition coefficient (Wildman–Crippen LogP) is 6.96. The van der Waals surface area contributed by atoms with Crippen LogP contribution in [-0.4, -0.2) is 11.0 Å². The number of aromatic hydroxyl groups is 1. The summed E-state index contributed by atoms with van der Waals surface area (Å²) >= 11 is 0. The van der Waals surface area contributed by atoms with Crippen LogP contribution in [0.15, 0.2) is 30.5 Å². The Labute approximate surface area is 166 Å². The van der Waals surface area contributed by atoms with Crippen molar-refractivity contribution < 1.29 is 9.90 Å². The zero-order valence-corrected chi connectivity index (χ0v) is 17.2. The minimum absolute atomic E-state index is 0.0769. The smallest absolute Gasteiger partial charge is 0.223 e. The maximum Gasteiger partial charge on any atom is 0.223 e. The monoisotopic (exact) mass is 373 g/mol. The summed E-state index contributed by atoms with van der Waals surface area (Å²) in [5.41, 5.74) is 0.953. The molecule has 0 aromatic heterocycles. The third-order valence-electron chi connectivity index (χ3n) is 4.92. The number of amides is 1. The SMILES string of the molecule is CCCCCCCCCCCCCCCC(=O)NC=Cc1ccc(O)cc1. The lowest BCUT2D eigenvalue weighted by Gasteiger charge is -2.03. The average molecular weight is 374 g/mol. The molecular weight excluding hydrogens is 334 g/mol. The first-order chi connectivity index (χ1) is 13.2. The van der Waals surface area contributed by atoms with E-state index in [1.54, 1.807) is 18.3 Å². The van der Waals surface area contributed by atoms with Gasteiger partial charge in [0.05, 0.1) is 0 Å². The fourth-order valence-corrected chi connectivity index (χ4v) is 3.19. The highest BCUT2D eigenvalue weighted by Gasteiger charge is 1.99. The first kappa shape index (κ1) is 23.3. The van der Waals surface area contributed by atoms with Crippen LogP contribution in [0.4, 0.5) is 0 Å². The van der Waals surface area contributed by atoms with Crippen molar-refractivity contribution in [3.8, 4) is 5.75 Å². The Kier molecular flexibility index (Phi) is 14.1. The predicted molar refractivity (Wildman–Crippen MR) is 116 cm³/mol. The zero-order valence-electron chi connectivity index (χ0n) is 17.2. The minimum atomic E-state index is 0.0769. The molecule has 0 aliphatic rings. The molecule has 1 rings (SSSR count). The normalized spacial score (nSPS) is 11.1. The average Bonchev–Trinajstić information content (AvgIpc) is 2.67. The summed E-state index contributed by atoms with van der Waals surface area (Å²) in [6.45, 7) is 2.27. The van der Waals surface area contributed by atoms with Gasteiger partial charge < -0.3 is 10.4 Å². The van der Waals surface area contributed by atoms with E-state index in [1.807, 2.05) is 18.2 Å². The van der Waals surface area contributed by atoms with Gasteiger partial charge in [-0.3, -0.25) is 4.79 Å². The molecule has 0 saturated carbocycles. The van der Waals surface area contributed by atoms with Gasteiger partial charge in [0.1, 0.15) is 5.75 Å². The van der Waals surface area contributed by atoms with E-state index >= 15 is 0 Å². The summed E-state index contributed by atoms with van der Waals surface area (Å²) in [5.74, 6) is 0.326. The first-order valence-electron chi connectivity index (χ1n) is 11.0. The molecule has 0 unspecified atom stereocenters. The Morgan fingerprint density at radius 2 is 1.30 bits per heavy atom. The number of hydrogen-bond acceptors (Lipinski definition) is 2. The van der Waals surface area contributed by atoms with E-state index in [2.05, 4.69) is 12.2 Å². The molecule has 0 bridgehead atoms. The number of benzene rings is 1. The van der Waals surface area contributed by atoms with Crippen molar-refractivity contribution in [2.75, 3.05) is 0 Å². The summed E-state index contributed by atoms with van der Waals surface area (Å²) in [7, 11) is 0. The number of hydrogen-bond donors (Lipinski definition) is 2. The maximum atomic E-state index is 11.8. The van der Waals surface area contributed by atoms with E-state index in [0.717, 1.165) is 18.4 Å². The second kappa shape index (κ2) is 16.4. The Morgan fingerprint density at radius 1 is 0.815 bits per heavy atom. The summed E-state index contributed by atoms with van der Waals surface area (Å²) in [6, 6.07) is 6.89. The number of carbonyl (C=O) groups excluding carboxylic acids is 1. The molecule has 0 radical (unpaired) electrons. The number of rotatable bonds is 16. The Bertz CT molecular complexity index is 508. The molecule has 1 aromatic carbocycles. The molecule has 3 heteroatoms. The van der Waals surface area contributed by atoms with Gasteiger partial charge >= 0.3 is 0 Å². The molecule has 27 heavy (non-hydrogen) atoms. The number of carbonyl (C=O) groups is 1. The molecule has 0 aliphatic carbocycles. The van der Waals surface area contributed by atoms with Crippen LogP contribution in [0.1, 0.15) is 102 Å². The van der Waals surface area contributed by atoms with E-state index < -0.39 is 0 Å². The van der Waals surface area contributed by atoms with Crippen LogP contribution in [0.3, 0.4) is 0 Å². The number of phenols is 1. The topological polar surface area (TPSA) is 49.3 Å². The van der Waals surface area contributed by atoms with Gasteiger partial charge in [-0.25, -0.2) is 0 Å². The molecule has 0 heterocycles. The molecule has 0 aliphatic heterocycles. The molecule has 0 fully saturated rings. The minimum Gasteiger partial charge on any atom is -0.508 e. The first-order valence-corrected chi connectivity index (χ1v) is 11.0. The van der Waals surface area contributed by atoms with E-state index in [4.69, 9.17) is 0 Å². The second-order valence-electron chi connectivity index (χ2n) is 7.49. The summed E-state index contributed by atoms with van der Waals surface area (Å²) in [4.78, 5) is 11.8. The van der Waals surface area contributed by atoms with Crippen LogP contribution in [0.5, 0.6) is 5.75 Å². The van der Waals surface area contributed by atoms with Gasteiger partial charge in [0.25, 0.3) is 0 Å². The fraction of sp³-hybridized carbons (Fsp3) is 0.625. The van der Waals surface area contributed by atoms with E-state index in [9.17, 15) is 9.90 Å². The third-order valence-corrected chi connectivity index (χ3v) is 4.92. The van der Waals surface area contributed by atoms with Crippen molar-refractivity contribution in [1.82, 2.24) is 5.32 Å². The van der Waals surface area contributed by atoms with Gasteiger partial charge in [-0.2, -0.15) is 0 Å². The Hall–Kier alpha value is -1.77. The standard InChI is InChI=1S/C24H39NO2/c1-2-3-4-5-6-7-8-9-10-11-12-13-14-15-24(27)25-21-20-22-16-18-23(26)19-17-22/h16-21,26H,2-15H2,1H3,(H,25,27). The van der Waals surface area contributed by atoms with Crippen LogP contribution in [0, 0.1) is 0 Å². The van der Waals surface area contributed by atoms with Crippen molar-refractivity contribution in [1.29, 1.82) is 0 Å². The highest BCUT2D eigenvalue weighted by Crippen LogP contribution is 2.13. The molecule has 0 saturated heterocycles. The van der Waals surface area contributed by atoms with Crippen molar-refractivity contribution in [2.24, 2.45) is 0 Å². The van der Waals surface area contributed by atoms with Crippen molar-refractivity contribution in [3.05, 3.63) is 36.0 Å². The largest absolute Gasteiger partial charge is 0.508 e. The molecule has 1 amide bonds. The van der Waals surface area contributed by atoms with Crippen LogP contribution >= 0.6 is 0 Å². The molecule has 152 valence electrons. The van der Waals surface area contributed by atoms with Crippen LogP contribution in [0.25, 0.3) is 6.08 Å². The highest BCUT2D eigenvalue weighted by molar-refractivity contribution is 5.77. The van der Waals surface area contributed by atoms with Crippen LogP contribution < -0.4 is 5.32 Å². The number of unbranched alkanes of at least 4 members (excludes halogenated alkanes) is 12. The van der Waals surface area contributed by atoms with Crippen LogP contribution in [-0.2, 0) is 4.79 Å². The van der Waals surface area contributed by atoms with Crippen LogP contribution in [0.2, 0.25) is 0 Å². The van der Waals surface area contributed by atoms with Crippen molar-refractivity contribution in [3.63, 3.8) is 0 Å². The third kappa shape index (κ3) is 14.0. The van der Waals surface area contributed by atoms with E-state index in [1.165, 1.54) is 70.6 Å². The Morgan fingerprint density at radius 3 is 1.81 bits per heavy atom. The highest BCUT2D eigenvalue weighted by atomic mass is 16.3. The zero-order chi connectivity index (χ0) is 19.6. The molecule has 3 nitrogen and oxygen atoms in total. The van der Waals surface area contributed by atoms with Crippen molar-refractivity contribution >= 4 is 12.0 Å². The molecule has 2 N–H and O–H groups in total. The van der Waals surface area contributed by atoms with Gasteiger partial charge in [-0.15, -0.1) is 0 Å². The second-order valence-corrected chi connectivity index (χ2v) is 7.49.